The third-order valence-electron chi connectivity index (χ3n) is 3.64. The number of halogens is 1. The van der Waals surface area contributed by atoms with Crippen molar-refractivity contribution in [3.8, 4) is 0 Å². The fourth-order valence-corrected chi connectivity index (χ4v) is 2.18. The van der Waals surface area contributed by atoms with Crippen molar-refractivity contribution in [3.63, 3.8) is 0 Å². The molecule has 1 aliphatic rings. The largest absolute Gasteiger partial charge is 0.349 e. The van der Waals surface area contributed by atoms with Crippen molar-refractivity contribution in [1.82, 2.24) is 10.3 Å². The number of nitrogens with zero attached hydrogens (tertiary/aromatic N) is 1. The van der Waals surface area contributed by atoms with Gasteiger partial charge in [0.25, 0.3) is 5.91 Å². The van der Waals surface area contributed by atoms with Crippen molar-refractivity contribution in [2.24, 2.45) is 5.41 Å². The molecule has 2 rings (SSSR count). The molecule has 104 valence electrons. The molecule has 1 aromatic heterocycles. The molecule has 0 bridgehead atoms. The van der Waals surface area contributed by atoms with E-state index in [0.717, 1.165) is 12.1 Å². The summed E-state index contributed by atoms with van der Waals surface area (Å²) < 4.78 is 0. The van der Waals surface area contributed by atoms with Gasteiger partial charge in [0.2, 0.25) is 0 Å². The molecule has 1 fully saturated rings. The minimum Gasteiger partial charge on any atom is -0.349 e. The molecule has 1 atom stereocenters. The zero-order chi connectivity index (χ0) is 14.4. The molecule has 1 unspecified atom stereocenters. The number of nitrogens with one attached hydrogen (secondary N) is 1. The number of hydrogen-bond donors (Lipinski definition) is 1. The summed E-state index contributed by atoms with van der Waals surface area (Å²) in [6.45, 7) is 10.5. The van der Waals surface area contributed by atoms with Crippen molar-refractivity contribution < 1.29 is 4.79 Å². The van der Waals surface area contributed by atoms with Gasteiger partial charge < -0.3 is 5.32 Å². The van der Waals surface area contributed by atoms with Crippen LogP contribution in [-0.4, -0.2) is 16.9 Å². The van der Waals surface area contributed by atoms with Gasteiger partial charge in [0.15, 0.2) is 0 Å². The van der Waals surface area contributed by atoms with Gasteiger partial charge in [-0.25, -0.2) is 4.98 Å². The summed E-state index contributed by atoms with van der Waals surface area (Å²) in [5.74, 6) is -0.0645. The lowest BCUT2D eigenvalue weighted by Gasteiger charge is -2.18. The fourth-order valence-electron chi connectivity index (χ4n) is 1.97. The molecule has 4 heteroatoms. The second-order valence-electron chi connectivity index (χ2n) is 7.03. The van der Waals surface area contributed by atoms with Gasteiger partial charge in [-0.3, -0.25) is 4.79 Å². The highest BCUT2D eigenvalue weighted by Crippen LogP contribution is 2.44. The Morgan fingerprint density at radius 1 is 1.42 bits per heavy atom. The van der Waals surface area contributed by atoms with Crippen LogP contribution in [0, 0.1) is 5.41 Å². The third kappa shape index (κ3) is 3.27. The monoisotopic (exact) mass is 280 g/mol. The predicted octanol–water partition coefficient (Wildman–Crippen LogP) is 3.56. The zero-order valence-corrected chi connectivity index (χ0v) is 12.9. The second-order valence-corrected chi connectivity index (χ2v) is 7.42. The number of carbonyl (C=O) groups is 1. The summed E-state index contributed by atoms with van der Waals surface area (Å²) in [6.07, 6.45) is 1.03. The lowest BCUT2D eigenvalue weighted by molar-refractivity contribution is 0.0946. The Hall–Kier alpha value is -1.09. The van der Waals surface area contributed by atoms with Gasteiger partial charge in [-0.1, -0.05) is 46.2 Å². The molecule has 0 aromatic carbocycles. The van der Waals surface area contributed by atoms with Gasteiger partial charge in [0.1, 0.15) is 5.15 Å². The van der Waals surface area contributed by atoms with Gasteiger partial charge in [-0.05, 0) is 24.0 Å². The number of hydrogen-bond acceptors (Lipinski definition) is 2. The van der Waals surface area contributed by atoms with Crippen molar-refractivity contribution >= 4 is 17.5 Å². The summed E-state index contributed by atoms with van der Waals surface area (Å²) in [4.78, 5) is 16.5. The summed E-state index contributed by atoms with van der Waals surface area (Å²) in [7, 11) is 0. The van der Waals surface area contributed by atoms with Gasteiger partial charge >= 0.3 is 0 Å². The van der Waals surface area contributed by atoms with Gasteiger partial charge in [0.05, 0.1) is 0 Å². The van der Waals surface area contributed by atoms with E-state index in [9.17, 15) is 4.79 Å². The van der Waals surface area contributed by atoms with Crippen LogP contribution in [0.15, 0.2) is 12.1 Å². The first-order valence-electron chi connectivity index (χ1n) is 6.58. The smallest absolute Gasteiger partial charge is 0.251 e. The first kappa shape index (κ1) is 14.3. The summed E-state index contributed by atoms with van der Waals surface area (Å²) in [5.41, 5.74) is 1.52. The molecule has 0 spiro atoms. The van der Waals surface area contributed by atoms with Crippen LogP contribution < -0.4 is 5.32 Å². The molecule has 1 aliphatic carbocycles. The van der Waals surface area contributed by atoms with E-state index in [4.69, 9.17) is 11.6 Å². The molecule has 1 saturated carbocycles. The van der Waals surface area contributed by atoms with E-state index in [1.54, 1.807) is 6.07 Å². The van der Waals surface area contributed by atoms with E-state index >= 15 is 0 Å². The normalized spacial score (nSPS) is 21.1. The van der Waals surface area contributed by atoms with Crippen LogP contribution in [0.5, 0.6) is 0 Å². The Morgan fingerprint density at radius 3 is 2.47 bits per heavy atom. The minimum absolute atomic E-state index is 0.0645. The molecule has 3 nitrogen and oxygen atoms in total. The van der Waals surface area contributed by atoms with Crippen molar-refractivity contribution in [2.75, 3.05) is 0 Å². The lowest BCUT2D eigenvalue weighted by Crippen LogP contribution is -2.29. The highest BCUT2D eigenvalue weighted by atomic mass is 35.5. The van der Waals surface area contributed by atoms with Gasteiger partial charge in [-0.2, -0.15) is 0 Å². The van der Waals surface area contributed by atoms with E-state index in [1.165, 1.54) is 0 Å². The molecular formula is C15H21ClN2O. The van der Waals surface area contributed by atoms with Crippen LogP contribution >= 0.6 is 11.6 Å². The number of pyridine rings is 1. The maximum absolute atomic E-state index is 12.2. The molecule has 19 heavy (non-hydrogen) atoms. The standard InChI is InChI=1S/C15H21ClN2O/c1-14(2,3)10-6-9(7-12(16)17-10)13(19)18-11-8-15(11,4)5/h6-7,11H,8H2,1-5H3,(H,18,19). The molecular weight excluding hydrogens is 260 g/mol. The van der Waals surface area contributed by atoms with E-state index in [-0.39, 0.29) is 22.8 Å². The van der Waals surface area contributed by atoms with E-state index in [2.05, 4.69) is 44.9 Å². The Bertz CT molecular complexity index is 517. The Balaban J connectivity index is 2.20. The molecule has 0 aliphatic heterocycles. The lowest BCUT2D eigenvalue weighted by atomic mass is 9.91. The Morgan fingerprint density at radius 2 is 2.00 bits per heavy atom. The maximum Gasteiger partial charge on any atom is 0.251 e. The van der Waals surface area contributed by atoms with E-state index < -0.39 is 0 Å². The SMILES string of the molecule is CC(C)(C)c1cc(C(=O)NC2CC2(C)C)cc(Cl)n1. The quantitative estimate of drug-likeness (QED) is 0.842. The minimum atomic E-state index is -0.126. The van der Waals surface area contributed by atoms with Crippen molar-refractivity contribution in [3.05, 3.63) is 28.5 Å². The van der Waals surface area contributed by atoms with Crippen LogP contribution in [0.3, 0.4) is 0 Å². The molecule has 1 aromatic rings. The Labute approximate surface area is 119 Å². The number of amides is 1. The second kappa shape index (κ2) is 4.48. The highest BCUT2D eigenvalue weighted by Gasteiger charge is 2.46. The average molecular weight is 281 g/mol. The molecule has 0 radical (unpaired) electrons. The van der Waals surface area contributed by atoms with Crippen molar-refractivity contribution in [2.45, 2.75) is 52.5 Å². The summed E-state index contributed by atoms with van der Waals surface area (Å²) in [6, 6.07) is 3.72. The first-order chi connectivity index (χ1) is 8.59. The zero-order valence-electron chi connectivity index (χ0n) is 12.2. The topological polar surface area (TPSA) is 42.0 Å². The highest BCUT2D eigenvalue weighted by molar-refractivity contribution is 6.29. The molecule has 0 saturated heterocycles. The molecule has 1 heterocycles. The maximum atomic E-state index is 12.2. The number of aromatic nitrogens is 1. The molecule has 1 amide bonds. The fraction of sp³-hybridized carbons (Fsp3) is 0.600. The first-order valence-corrected chi connectivity index (χ1v) is 6.96. The van der Waals surface area contributed by atoms with E-state index in [1.807, 2.05) is 6.07 Å². The molecule has 1 N–H and O–H groups in total. The van der Waals surface area contributed by atoms with Gasteiger partial charge in [0, 0.05) is 22.7 Å². The Kier molecular flexibility index (Phi) is 3.38. The average Bonchev–Trinajstić information content (AvgIpc) is 2.83. The van der Waals surface area contributed by atoms with E-state index in [0.29, 0.717) is 10.7 Å². The number of carbonyl (C=O) groups excluding carboxylic acids is 1. The number of rotatable bonds is 2. The van der Waals surface area contributed by atoms with Crippen LogP contribution in [0.1, 0.15) is 57.1 Å². The summed E-state index contributed by atoms with van der Waals surface area (Å²) >= 11 is 6.02. The van der Waals surface area contributed by atoms with Crippen LogP contribution in [0.4, 0.5) is 0 Å². The summed E-state index contributed by atoms with van der Waals surface area (Å²) in [5, 5.41) is 3.41. The van der Waals surface area contributed by atoms with Crippen LogP contribution in [-0.2, 0) is 5.41 Å². The van der Waals surface area contributed by atoms with Crippen LogP contribution in [0.25, 0.3) is 0 Å². The third-order valence-corrected chi connectivity index (χ3v) is 3.84. The van der Waals surface area contributed by atoms with Crippen LogP contribution in [0.2, 0.25) is 5.15 Å². The predicted molar refractivity (Wildman–Crippen MR) is 77.6 cm³/mol. The van der Waals surface area contributed by atoms with Gasteiger partial charge in [-0.15, -0.1) is 0 Å². The van der Waals surface area contributed by atoms with Crippen molar-refractivity contribution in [1.29, 1.82) is 0 Å².